The molecule has 2 aromatic carbocycles. The Labute approximate surface area is 117 Å². The molecular formula is C16H17NO3. The minimum absolute atomic E-state index is 0.0441. The highest BCUT2D eigenvalue weighted by Gasteiger charge is 2.13. The van der Waals surface area contributed by atoms with Crippen LogP contribution in [-0.2, 0) is 6.42 Å². The van der Waals surface area contributed by atoms with Gasteiger partial charge in [0.05, 0.1) is 5.56 Å². The number of para-hydroxylation sites is 1. The molecule has 0 aliphatic heterocycles. The smallest absolute Gasteiger partial charge is 0.259 e. The molecule has 4 nitrogen and oxygen atoms in total. The number of carbonyl (C=O) groups is 1. The molecule has 0 fully saturated rings. The molecule has 1 amide bonds. The molecule has 20 heavy (non-hydrogen) atoms. The lowest BCUT2D eigenvalue weighted by atomic mass is 10.1. The molecule has 4 heteroatoms. The molecule has 0 atom stereocenters. The Morgan fingerprint density at radius 1 is 1.10 bits per heavy atom. The van der Waals surface area contributed by atoms with E-state index >= 15 is 0 Å². The van der Waals surface area contributed by atoms with Gasteiger partial charge in [0.2, 0.25) is 0 Å². The van der Waals surface area contributed by atoms with Gasteiger partial charge in [-0.05, 0) is 36.2 Å². The Balaban J connectivity index is 2.13. The molecule has 0 aliphatic rings. The number of aromatic hydroxyl groups is 2. The van der Waals surface area contributed by atoms with Crippen molar-refractivity contribution in [1.29, 1.82) is 0 Å². The third kappa shape index (κ3) is 3.09. The van der Waals surface area contributed by atoms with E-state index < -0.39 is 11.7 Å². The zero-order chi connectivity index (χ0) is 14.5. The zero-order valence-electron chi connectivity index (χ0n) is 11.3. The van der Waals surface area contributed by atoms with Gasteiger partial charge >= 0.3 is 0 Å². The highest BCUT2D eigenvalue weighted by atomic mass is 16.3. The molecule has 0 bridgehead atoms. The van der Waals surface area contributed by atoms with Crippen molar-refractivity contribution >= 4 is 11.6 Å². The summed E-state index contributed by atoms with van der Waals surface area (Å²) in [6.07, 6.45) is 2.07. The molecule has 2 aromatic rings. The van der Waals surface area contributed by atoms with Crippen molar-refractivity contribution in [2.75, 3.05) is 5.32 Å². The van der Waals surface area contributed by atoms with Gasteiger partial charge in [-0.1, -0.05) is 31.5 Å². The average Bonchev–Trinajstić information content (AvgIpc) is 2.44. The SMILES string of the molecule is CCCc1ccc(NC(=O)c2cccc(O)c2O)cc1. The number of phenolic OH excluding ortho intramolecular Hbond substituents is 2. The van der Waals surface area contributed by atoms with E-state index in [9.17, 15) is 15.0 Å². The van der Waals surface area contributed by atoms with Gasteiger partial charge < -0.3 is 15.5 Å². The summed E-state index contributed by atoms with van der Waals surface area (Å²) >= 11 is 0. The van der Waals surface area contributed by atoms with Crippen molar-refractivity contribution in [3.05, 3.63) is 53.6 Å². The van der Waals surface area contributed by atoms with Crippen molar-refractivity contribution in [2.24, 2.45) is 0 Å². The molecule has 0 heterocycles. The number of hydrogen-bond donors (Lipinski definition) is 3. The Morgan fingerprint density at radius 2 is 1.80 bits per heavy atom. The van der Waals surface area contributed by atoms with Crippen LogP contribution >= 0.6 is 0 Å². The number of amides is 1. The van der Waals surface area contributed by atoms with Gasteiger partial charge in [-0.15, -0.1) is 0 Å². The maximum atomic E-state index is 12.0. The van der Waals surface area contributed by atoms with Crippen LogP contribution in [0.25, 0.3) is 0 Å². The summed E-state index contributed by atoms with van der Waals surface area (Å²) in [4.78, 5) is 12.0. The van der Waals surface area contributed by atoms with E-state index in [0.29, 0.717) is 5.69 Å². The fourth-order valence-electron chi connectivity index (χ4n) is 1.96. The van der Waals surface area contributed by atoms with E-state index in [1.807, 2.05) is 24.3 Å². The van der Waals surface area contributed by atoms with E-state index in [1.54, 1.807) is 0 Å². The largest absolute Gasteiger partial charge is 0.504 e. The number of carbonyl (C=O) groups excluding carboxylic acids is 1. The van der Waals surface area contributed by atoms with Crippen LogP contribution < -0.4 is 5.32 Å². The minimum Gasteiger partial charge on any atom is -0.504 e. The lowest BCUT2D eigenvalue weighted by Gasteiger charge is -2.08. The molecule has 104 valence electrons. The first-order valence-corrected chi connectivity index (χ1v) is 6.53. The highest BCUT2D eigenvalue weighted by Crippen LogP contribution is 2.28. The number of nitrogens with one attached hydrogen (secondary N) is 1. The number of anilines is 1. The van der Waals surface area contributed by atoms with Crippen LogP contribution in [0.2, 0.25) is 0 Å². The van der Waals surface area contributed by atoms with Crippen LogP contribution in [0.5, 0.6) is 11.5 Å². The first kappa shape index (κ1) is 13.9. The number of benzene rings is 2. The Hall–Kier alpha value is -2.49. The summed E-state index contributed by atoms with van der Waals surface area (Å²) in [6, 6.07) is 11.9. The Morgan fingerprint density at radius 3 is 2.45 bits per heavy atom. The summed E-state index contributed by atoms with van der Waals surface area (Å²) in [7, 11) is 0. The predicted octanol–water partition coefficient (Wildman–Crippen LogP) is 3.30. The van der Waals surface area contributed by atoms with E-state index in [-0.39, 0.29) is 11.3 Å². The maximum absolute atomic E-state index is 12.0. The second kappa shape index (κ2) is 6.10. The monoisotopic (exact) mass is 271 g/mol. The fraction of sp³-hybridized carbons (Fsp3) is 0.188. The third-order valence-corrected chi connectivity index (χ3v) is 3.01. The Kier molecular flexibility index (Phi) is 4.25. The van der Waals surface area contributed by atoms with Crippen LogP contribution in [0.1, 0.15) is 29.3 Å². The first-order chi connectivity index (χ1) is 9.61. The van der Waals surface area contributed by atoms with E-state index in [1.165, 1.54) is 23.8 Å². The van der Waals surface area contributed by atoms with Crippen LogP contribution in [0, 0.1) is 0 Å². The summed E-state index contributed by atoms with van der Waals surface area (Å²) in [6.45, 7) is 2.11. The molecule has 0 saturated heterocycles. The molecule has 0 saturated carbocycles. The van der Waals surface area contributed by atoms with Gasteiger partial charge in [0.15, 0.2) is 11.5 Å². The summed E-state index contributed by atoms with van der Waals surface area (Å²) in [5.74, 6) is -1.18. The predicted molar refractivity (Wildman–Crippen MR) is 78.2 cm³/mol. The Bertz CT molecular complexity index is 606. The number of phenols is 2. The van der Waals surface area contributed by atoms with Gasteiger partial charge in [-0.2, -0.15) is 0 Å². The molecule has 0 aliphatic carbocycles. The third-order valence-electron chi connectivity index (χ3n) is 3.01. The maximum Gasteiger partial charge on any atom is 0.259 e. The highest BCUT2D eigenvalue weighted by molar-refractivity contribution is 6.06. The average molecular weight is 271 g/mol. The second-order valence-electron chi connectivity index (χ2n) is 4.57. The summed E-state index contributed by atoms with van der Waals surface area (Å²) in [5.41, 5.74) is 1.91. The van der Waals surface area contributed by atoms with Crippen molar-refractivity contribution < 1.29 is 15.0 Å². The number of hydrogen-bond acceptors (Lipinski definition) is 3. The zero-order valence-corrected chi connectivity index (χ0v) is 11.3. The molecule has 0 radical (unpaired) electrons. The minimum atomic E-state index is -0.457. The lowest BCUT2D eigenvalue weighted by molar-refractivity contribution is 0.102. The molecule has 0 spiro atoms. The van der Waals surface area contributed by atoms with Crippen LogP contribution in [0.3, 0.4) is 0 Å². The quantitative estimate of drug-likeness (QED) is 0.747. The van der Waals surface area contributed by atoms with Crippen LogP contribution in [-0.4, -0.2) is 16.1 Å². The van der Waals surface area contributed by atoms with Gasteiger partial charge in [0, 0.05) is 5.69 Å². The standard InChI is InChI=1S/C16H17NO3/c1-2-4-11-7-9-12(10-8-11)17-16(20)13-5-3-6-14(18)15(13)19/h3,5-10,18-19H,2,4H2,1H3,(H,17,20). The van der Waals surface area contributed by atoms with Crippen molar-refractivity contribution in [3.8, 4) is 11.5 Å². The molecule has 0 unspecified atom stereocenters. The van der Waals surface area contributed by atoms with Gasteiger partial charge in [0.1, 0.15) is 0 Å². The fourth-order valence-corrected chi connectivity index (χ4v) is 1.96. The molecule has 2 rings (SSSR count). The first-order valence-electron chi connectivity index (χ1n) is 6.53. The number of aryl methyl sites for hydroxylation is 1. The summed E-state index contributed by atoms with van der Waals surface area (Å²) < 4.78 is 0. The van der Waals surface area contributed by atoms with Gasteiger partial charge in [-0.3, -0.25) is 4.79 Å². The molecular weight excluding hydrogens is 254 g/mol. The molecule has 0 aromatic heterocycles. The second-order valence-corrected chi connectivity index (χ2v) is 4.57. The van der Waals surface area contributed by atoms with E-state index in [4.69, 9.17) is 0 Å². The van der Waals surface area contributed by atoms with Gasteiger partial charge in [-0.25, -0.2) is 0 Å². The topological polar surface area (TPSA) is 69.6 Å². The van der Waals surface area contributed by atoms with Gasteiger partial charge in [0.25, 0.3) is 5.91 Å². The number of rotatable bonds is 4. The van der Waals surface area contributed by atoms with Crippen molar-refractivity contribution in [3.63, 3.8) is 0 Å². The van der Waals surface area contributed by atoms with E-state index in [2.05, 4.69) is 12.2 Å². The summed E-state index contributed by atoms with van der Waals surface area (Å²) in [5, 5.41) is 21.7. The lowest BCUT2D eigenvalue weighted by Crippen LogP contribution is -2.12. The van der Waals surface area contributed by atoms with Crippen LogP contribution in [0.4, 0.5) is 5.69 Å². The van der Waals surface area contributed by atoms with E-state index in [0.717, 1.165) is 12.8 Å². The van der Waals surface area contributed by atoms with Crippen molar-refractivity contribution in [1.82, 2.24) is 0 Å². The normalized spacial score (nSPS) is 10.2. The molecule has 3 N–H and O–H groups in total. The van der Waals surface area contributed by atoms with Crippen LogP contribution in [0.15, 0.2) is 42.5 Å². The van der Waals surface area contributed by atoms with Crippen molar-refractivity contribution in [2.45, 2.75) is 19.8 Å².